The molecule has 2 atom stereocenters. The van der Waals surface area contributed by atoms with Crippen LogP contribution in [0.15, 0.2) is 12.4 Å². The zero-order valence-corrected chi connectivity index (χ0v) is 10.5. The van der Waals surface area contributed by atoms with Crippen LogP contribution in [0, 0.1) is 5.92 Å². The van der Waals surface area contributed by atoms with E-state index in [1.165, 1.54) is 6.33 Å². The molecule has 1 aromatic rings. The second kappa shape index (κ2) is 6.30. The van der Waals surface area contributed by atoms with Crippen molar-refractivity contribution in [2.75, 3.05) is 11.9 Å². The Hall–Kier alpha value is -1.32. The predicted octanol–water partition coefficient (Wildman–Crippen LogP) is 2.72. The van der Waals surface area contributed by atoms with Crippen LogP contribution in [0.25, 0.3) is 0 Å². The van der Waals surface area contributed by atoms with Gasteiger partial charge in [0.05, 0.1) is 6.61 Å². The van der Waals surface area contributed by atoms with Crippen molar-refractivity contribution in [1.82, 2.24) is 9.97 Å². The molecule has 0 aliphatic carbocycles. The van der Waals surface area contributed by atoms with Gasteiger partial charge in [0.2, 0.25) is 5.88 Å². The third-order valence-electron chi connectivity index (χ3n) is 2.81. The molecule has 0 aromatic carbocycles. The highest BCUT2D eigenvalue weighted by Crippen LogP contribution is 2.15. The van der Waals surface area contributed by atoms with Gasteiger partial charge in [-0.2, -0.15) is 0 Å². The molecule has 0 aliphatic heterocycles. The molecule has 1 N–H and O–H groups in total. The average molecular weight is 223 g/mol. The minimum absolute atomic E-state index is 0.398. The largest absolute Gasteiger partial charge is 0.478 e. The van der Waals surface area contributed by atoms with Gasteiger partial charge < -0.3 is 10.1 Å². The minimum Gasteiger partial charge on any atom is -0.478 e. The summed E-state index contributed by atoms with van der Waals surface area (Å²) in [5.41, 5.74) is 0. The third kappa shape index (κ3) is 3.68. The molecule has 1 heterocycles. The van der Waals surface area contributed by atoms with E-state index in [0.29, 0.717) is 24.4 Å². The lowest BCUT2D eigenvalue weighted by atomic mass is 10.0. The highest BCUT2D eigenvalue weighted by atomic mass is 16.5. The first kappa shape index (κ1) is 12.7. The Morgan fingerprint density at radius 2 is 2.06 bits per heavy atom. The van der Waals surface area contributed by atoms with Gasteiger partial charge >= 0.3 is 0 Å². The van der Waals surface area contributed by atoms with Gasteiger partial charge in [-0.3, -0.25) is 0 Å². The number of ether oxygens (including phenoxy) is 1. The van der Waals surface area contributed by atoms with E-state index >= 15 is 0 Å². The van der Waals surface area contributed by atoms with Crippen LogP contribution >= 0.6 is 0 Å². The summed E-state index contributed by atoms with van der Waals surface area (Å²) in [7, 11) is 0. The monoisotopic (exact) mass is 223 g/mol. The van der Waals surface area contributed by atoms with E-state index in [0.717, 1.165) is 12.2 Å². The highest BCUT2D eigenvalue weighted by molar-refractivity contribution is 5.38. The van der Waals surface area contributed by atoms with Crippen molar-refractivity contribution in [2.45, 2.75) is 40.2 Å². The first-order valence-corrected chi connectivity index (χ1v) is 5.88. The molecule has 90 valence electrons. The third-order valence-corrected chi connectivity index (χ3v) is 2.81. The van der Waals surface area contributed by atoms with Crippen molar-refractivity contribution < 1.29 is 4.74 Å². The van der Waals surface area contributed by atoms with Gasteiger partial charge in [-0.25, -0.2) is 9.97 Å². The summed E-state index contributed by atoms with van der Waals surface area (Å²) in [6.45, 7) is 9.14. The maximum atomic E-state index is 5.32. The van der Waals surface area contributed by atoms with Crippen LogP contribution in [0.2, 0.25) is 0 Å². The lowest BCUT2D eigenvalue weighted by Gasteiger charge is -2.20. The van der Waals surface area contributed by atoms with E-state index in [-0.39, 0.29) is 0 Å². The number of anilines is 1. The molecule has 0 amide bonds. The van der Waals surface area contributed by atoms with Gasteiger partial charge in [0.25, 0.3) is 0 Å². The Kier molecular flexibility index (Phi) is 5.02. The van der Waals surface area contributed by atoms with Crippen molar-refractivity contribution in [3.63, 3.8) is 0 Å². The summed E-state index contributed by atoms with van der Waals surface area (Å²) >= 11 is 0. The molecule has 1 aromatic heterocycles. The van der Waals surface area contributed by atoms with Gasteiger partial charge in [0.1, 0.15) is 12.1 Å². The lowest BCUT2D eigenvalue weighted by molar-refractivity contribution is 0.326. The Bertz CT molecular complexity index is 317. The smallest absolute Gasteiger partial charge is 0.218 e. The summed E-state index contributed by atoms with van der Waals surface area (Å²) in [6.07, 6.45) is 2.67. The maximum Gasteiger partial charge on any atom is 0.218 e. The molecular formula is C12H21N3O. The number of aromatic nitrogens is 2. The minimum atomic E-state index is 0.398. The molecule has 0 spiro atoms. The van der Waals surface area contributed by atoms with E-state index in [2.05, 4.69) is 36.1 Å². The van der Waals surface area contributed by atoms with Gasteiger partial charge in [-0.05, 0) is 19.8 Å². The summed E-state index contributed by atoms with van der Waals surface area (Å²) in [4.78, 5) is 8.20. The van der Waals surface area contributed by atoms with E-state index < -0.39 is 0 Å². The van der Waals surface area contributed by atoms with Crippen molar-refractivity contribution in [3.8, 4) is 5.88 Å². The molecular weight excluding hydrogens is 202 g/mol. The second-order valence-corrected chi connectivity index (χ2v) is 3.99. The fraction of sp³-hybridized carbons (Fsp3) is 0.667. The maximum absolute atomic E-state index is 5.32. The summed E-state index contributed by atoms with van der Waals surface area (Å²) in [5.74, 6) is 2.06. The Morgan fingerprint density at radius 3 is 2.69 bits per heavy atom. The van der Waals surface area contributed by atoms with E-state index in [1.807, 2.05) is 13.0 Å². The van der Waals surface area contributed by atoms with Gasteiger partial charge in [-0.15, -0.1) is 0 Å². The van der Waals surface area contributed by atoms with Gasteiger partial charge in [0.15, 0.2) is 0 Å². The van der Waals surface area contributed by atoms with E-state index in [4.69, 9.17) is 4.74 Å². The standard InChI is InChI=1S/C12H21N3O/c1-5-9(3)10(4)15-11-7-12(16-6-2)14-8-13-11/h7-10H,5-6H2,1-4H3,(H,13,14,15). The van der Waals surface area contributed by atoms with Crippen molar-refractivity contribution in [2.24, 2.45) is 5.92 Å². The first-order chi connectivity index (χ1) is 7.67. The molecule has 2 unspecified atom stereocenters. The number of hydrogen-bond acceptors (Lipinski definition) is 4. The molecule has 0 aliphatic rings. The quantitative estimate of drug-likeness (QED) is 0.805. The SMILES string of the molecule is CCOc1cc(NC(C)C(C)CC)ncn1. The Morgan fingerprint density at radius 1 is 1.31 bits per heavy atom. The molecule has 0 fully saturated rings. The second-order valence-electron chi connectivity index (χ2n) is 3.99. The highest BCUT2D eigenvalue weighted by Gasteiger charge is 2.10. The van der Waals surface area contributed by atoms with Crippen LogP contribution in [0.3, 0.4) is 0 Å². The van der Waals surface area contributed by atoms with E-state index in [1.54, 1.807) is 0 Å². The lowest BCUT2D eigenvalue weighted by Crippen LogP contribution is -2.23. The molecule has 0 saturated heterocycles. The molecule has 4 heteroatoms. The normalized spacial score (nSPS) is 14.2. The predicted molar refractivity (Wildman–Crippen MR) is 65.7 cm³/mol. The van der Waals surface area contributed by atoms with Gasteiger partial charge in [-0.1, -0.05) is 20.3 Å². The number of rotatable bonds is 6. The zero-order chi connectivity index (χ0) is 12.0. The van der Waals surface area contributed by atoms with Crippen molar-refractivity contribution >= 4 is 5.82 Å². The molecule has 1 rings (SSSR count). The van der Waals surface area contributed by atoms with Crippen LogP contribution in [-0.4, -0.2) is 22.6 Å². The fourth-order valence-corrected chi connectivity index (χ4v) is 1.37. The summed E-state index contributed by atoms with van der Waals surface area (Å²) in [5, 5.41) is 3.36. The van der Waals surface area contributed by atoms with Gasteiger partial charge in [0, 0.05) is 12.1 Å². The number of nitrogens with one attached hydrogen (secondary N) is 1. The summed E-state index contributed by atoms with van der Waals surface area (Å²) < 4.78 is 5.32. The van der Waals surface area contributed by atoms with Crippen molar-refractivity contribution in [3.05, 3.63) is 12.4 Å². The number of hydrogen-bond donors (Lipinski definition) is 1. The molecule has 16 heavy (non-hydrogen) atoms. The Labute approximate surface area is 97.5 Å². The molecule has 0 bridgehead atoms. The molecule has 0 radical (unpaired) electrons. The van der Waals surface area contributed by atoms with Crippen LogP contribution in [0.5, 0.6) is 5.88 Å². The first-order valence-electron chi connectivity index (χ1n) is 5.88. The van der Waals surface area contributed by atoms with Crippen LogP contribution in [0.1, 0.15) is 34.1 Å². The van der Waals surface area contributed by atoms with Crippen LogP contribution in [-0.2, 0) is 0 Å². The summed E-state index contributed by atoms with van der Waals surface area (Å²) in [6, 6.07) is 2.23. The topological polar surface area (TPSA) is 47.0 Å². The van der Waals surface area contributed by atoms with Crippen LogP contribution < -0.4 is 10.1 Å². The number of nitrogens with zero attached hydrogens (tertiary/aromatic N) is 2. The van der Waals surface area contributed by atoms with E-state index in [9.17, 15) is 0 Å². The molecule has 4 nitrogen and oxygen atoms in total. The van der Waals surface area contributed by atoms with Crippen LogP contribution in [0.4, 0.5) is 5.82 Å². The van der Waals surface area contributed by atoms with Crippen molar-refractivity contribution in [1.29, 1.82) is 0 Å². The molecule has 0 saturated carbocycles. The zero-order valence-electron chi connectivity index (χ0n) is 10.5. The fourth-order valence-electron chi connectivity index (χ4n) is 1.37. The average Bonchev–Trinajstić information content (AvgIpc) is 2.29. The Balaban J connectivity index is 2.62.